The first-order chi connectivity index (χ1) is 5.09. The number of hydrogen-bond donors (Lipinski definition) is 0. The summed E-state index contributed by atoms with van der Waals surface area (Å²) in [4.78, 5) is 3.52. The van der Waals surface area contributed by atoms with Crippen LogP contribution in [-0.4, -0.2) is 4.98 Å². The molecule has 0 aliphatic rings. The van der Waals surface area contributed by atoms with Gasteiger partial charge in [0.1, 0.15) is 10.3 Å². The Morgan fingerprint density at radius 1 is 1.45 bits per heavy atom. The molecule has 0 unspecified atom stereocenters. The highest BCUT2D eigenvalue weighted by atomic mass is 79.9. The molecule has 0 amide bonds. The van der Waals surface area contributed by atoms with Crippen LogP contribution in [0.25, 0.3) is 0 Å². The summed E-state index contributed by atoms with van der Waals surface area (Å²) in [6, 6.07) is 2.59. The van der Waals surface area contributed by atoms with Gasteiger partial charge < -0.3 is 0 Å². The Labute approximate surface area is 75.5 Å². The number of pyridine rings is 1. The Bertz CT molecular complexity index is 247. The Hall–Kier alpha value is -0.220. The SMILES string of the molecule is FC(F)c1cc(Cl)cc(Br)n1. The van der Waals surface area contributed by atoms with Crippen LogP contribution in [0.5, 0.6) is 0 Å². The third kappa shape index (κ3) is 2.38. The lowest BCUT2D eigenvalue weighted by Crippen LogP contribution is -1.89. The highest BCUT2D eigenvalue weighted by molar-refractivity contribution is 9.10. The standard InChI is InChI=1S/C6H3BrClF2N/c7-5-2-3(8)1-4(11-5)6(9)10/h1-2,6H. The van der Waals surface area contributed by atoms with Crippen LogP contribution in [0.1, 0.15) is 12.1 Å². The van der Waals surface area contributed by atoms with Crippen molar-refractivity contribution < 1.29 is 8.78 Å². The molecule has 0 bridgehead atoms. The molecule has 60 valence electrons. The van der Waals surface area contributed by atoms with E-state index in [1.807, 2.05) is 0 Å². The average molecular weight is 242 g/mol. The van der Waals surface area contributed by atoms with Crippen LogP contribution in [0.2, 0.25) is 5.02 Å². The molecule has 0 aromatic carbocycles. The van der Waals surface area contributed by atoms with Crippen molar-refractivity contribution in [1.82, 2.24) is 4.98 Å². The van der Waals surface area contributed by atoms with Gasteiger partial charge in [0.2, 0.25) is 0 Å². The van der Waals surface area contributed by atoms with E-state index in [-0.39, 0.29) is 10.7 Å². The summed E-state index contributed by atoms with van der Waals surface area (Å²) in [7, 11) is 0. The van der Waals surface area contributed by atoms with E-state index in [1.54, 1.807) is 0 Å². The molecule has 0 aliphatic heterocycles. The van der Waals surface area contributed by atoms with Gasteiger partial charge in [-0.25, -0.2) is 13.8 Å². The zero-order valence-electron chi connectivity index (χ0n) is 5.19. The summed E-state index contributed by atoms with van der Waals surface area (Å²) in [5, 5.41) is 0.252. The topological polar surface area (TPSA) is 12.9 Å². The smallest absolute Gasteiger partial charge is 0.240 e. The predicted molar refractivity (Wildman–Crippen MR) is 41.9 cm³/mol. The Kier molecular flexibility index (Phi) is 2.78. The van der Waals surface area contributed by atoms with Crippen molar-refractivity contribution in [3.05, 3.63) is 27.5 Å². The van der Waals surface area contributed by atoms with E-state index in [0.717, 1.165) is 6.07 Å². The van der Waals surface area contributed by atoms with Crippen molar-refractivity contribution in [1.29, 1.82) is 0 Å². The normalized spacial score (nSPS) is 10.6. The molecule has 1 heterocycles. The molecule has 0 aliphatic carbocycles. The van der Waals surface area contributed by atoms with Crippen LogP contribution < -0.4 is 0 Å². The van der Waals surface area contributed by atoms with Crippen molar-refractivity contribution in [3.63, 3.8) is 0 Å². The second-order valence-corrected chi connectivity index (χ2v) is 3.08. The summed E-state index contributed by atoms with van der Waals surface area (Å²) < 4.78 is 24.3. The fourth-order valence-electron chi connectivity index (χ4n) is 0.596. The molecular formula is C6H3BrClF2N. The second kappa shape index (κ2) is 3.45. The molecule has 1 nitrogen and oxygen atoms in total. The Balaban J connectivity index is 3.08. The molecule has 11 heavy (non-hydrogen) atoms. The molecule has 1 aromatic heterocycles. The third-order valence-electron chi connectivity index (χ3n) is 1.00. The van der Waals surface area contributed by atoms with E-state index in [1.165, 1.54) is 6.07 Å². The maximum absolute atomic E-state index is 12.0. The van der Waals surface area contributed by atoms with Gasteiger partial charge in [-0.2, -0.15) is 0 Å². The van der Waals surface area contributed by atoms with Gasteiger partial charge in [0, 0.05) is 5.02 Å². The highest BCUT2D eigenvalue weighted by Gasteiger charge is 2.09. The van der Waals surface area contributed by atoms with Gasteiger partial charge in [0.25, 0.3) is 6.43 Å². The average Bonchev–Trinajstić information content (AvgIpc) is 1.85. The van der Waals surface area contributed by atoms with Gasteiger partial charge >= 0.3 is 0 Å². The van der Waals surface area contributed by atoms with Gasteiger partial charge in [0.15, 0.2) is 0 Å². The quantitative estimate of drug-likeness (QED) is 0.688. The van der Waals surface area contributed by atoms with Gasteiger partial charge in [-0.1, -0.05) is 11.6 Å². The first kappa shape index (κ1) is 8.87. The van der Waals surface area contributed by atoms with Crippen LogP contribution in [0.15, 0.2) is 16.7 Å². The summed E-state index contributed by atoms with van der Waals surface area (Å²) in [6.07, 6.45) is -2.58. The number of halogens is 4. The second-order valence-electron chi connectivity index (χ2n) is 1.83. The molecule has 0 saturated heterocycles. The van der Waals surface area contributed by atoms with Gasteiger partial charge in [-0.05, 0) is 28.1 Å². The maximum atomic E-state index is 12.0. The maximum Gasteiger partial charge on any atom is 0.280 e. The van der Waals surface area contributed by atoms with Crippen molar-refractivity contribution in [3.8, 4) is 0 Å². The van der Waals surface area contributed by atoms with E-state index < -0.39 is 6.43 Å². The molecule has 0 spiro atoms. The van der Waals surface area contributed by atoms with Crippen molar-refractivity contribution in [2.45, 2.75) is 6.43 Å². The minimum atomic E-state index is -2.58. The van der Waals surface area contributed by atoms with E-state index in [4.69, 9.17) is 11.6 Å². The number of alkyl halides is 2. The van der Waals surface area contributed by atoms with Crippen LogP contribution in [-0.2, 0) is 0 Å². The predicted octanol–water partition coefficient (Wildman–Crippen LogP) is 3.44. The molecule has 0 radical (unpaired) electrons. The van der Waals surface area contributed by atoms with Crippen LogP contribution in [0.3, 0.4) is 0 Å². The minimum absolute atomic E-state index is 0.252. The summed E-state index contributed by atoms with van der Waals surface area (Å²) in [5.41, 5.74) is -0.315. The van der Waals surface area contributed by atoms with Crippen molar-refractivity contribution in [2.75, 3.05) is 0 Å². The monoisotopic (exact) mass is 241 g/mol. The zero-order chi connectivity index (χ0) is 8.43. The van der Waals surface area contributed by atoms with E-state index in [9.17, 15) is 8.78 Å². The molecule has 0 saturated carbocycles. The summed E-state index contributed by atoms with van der Waals surface area (Å²) >= 11 is 8.44. The van der Waals surface area contributed by atoms with Gasteiger partial charge in [-0.15, -0.1) is 0 Å². The van der Waals surface area contributed by atoms with Crippen molar-refractivity contribution in [2.24, 2.45) is 0 Å². The third-order valence-corrected chi connectivity index (χ3v) is 1.63. The lowest BCUT2D eigenvalue weighted by molar-refractivity contribution is 0.146. The fraction of sp³-hybridized carbons (Fsp3) is 0.167. The Morgan fingerprint density at radius 3 is 2.55 bits per heavy atom. The molecular weight excluding hydrogens is 239 g/mol. The Morgan fingerprint density at radius 2 is 2.09 bits per heavy atom. The fourth-order valence-corrected chi connectivity index (χ4v) is 1.39. The van der Waals surface area contributed by atoms with Crippen LogP contribution in [0, 0.1) is 0 Å². The molecule has 5 heteroatoms. The molecule has 1 aromatic rings. The lowest BCUT2D eigenvalue weighted by atomic mass is 10.4. The number of hydrogen-bond acceptors (Lipinski definition) is 1. The molecule has 0 fully saturated rings. The highest BCUT2D eigenvalue weighted by Crippen LogP contribution is 2.22. The minimum Gasteiger partial charge on any atom is -0.240 e. The first-order valence-electron chi connectivity index (χ1n) is 2.70. The first-order valence-corrected chi connectivity index (χ1v) is 3.88. The number of rotatable bonds is 1. The number of nitrogens with zero attached hydrogens (tertiary/aromatic N) is 1. The van der Waals surface area contributed by atoms with Gasteiger partial charge in [-0.3, -0.25) is 0 Å². The molecule has 0 N–H and O–H groups in total. The van der Waals surface area contributed by atoms with E-state index in [2.05, 4.69) is 20.9 Å². The number of aromatic nitrogens is 1. The molecule has 0 atom stereocenters. The molecule has 1 rings (SSSR count). The van der Waals surface area contributed by atoms with Crippen molar-refractivity contribution >= 4 is 27.5 Å². The summed E-state index contributed by atoms with van der Waals surface area (Å²) in [6.45, 7) is 0. The zero-order valence-corrected chi connectivity index (χ0v) is 7.53. The van der Waals surface area contributed by atoms with E-state index >= 15 is 0 Å². The summed E-state index contributed by atoms with van der Waals surface area (Å²) in [5.74, 6) is 0. The van der Waals surface area contributed by atoms with Gasteiger partial charge in [0.05, 0.1) is 0 Å². The van der Waals surface area contributed by atoms with E-state index in [0.29, 0.717) is 4.60 Å². The van der Waals surface area contributed by atoms with Crippen LogP contribution >= 0.6 is 27.5 Å². The van der Waals surface area contributed by atoms with Crippen LogP contribution in [0.4, 0.5) is 8.78 Å². The largest absolute Gasteiger partial charge is 0.280 e. The lowest BCUT2D eigenvalue weighted by Gasteiger charge is -1.99.